The molecule has 1 aliphatic heterocycles. The molecule has 7 heteroatoms. The Kier molecular flexibility index (Phi) is 4.23. The monoisotopic (exact) mass is 355 g/mol. The molecule has 25 heavy (non-hydrogen) atoms. The molecule has 6 nitrogen and oxygen atoms in total. The van der Waals surface area contributed by atoms with E-state index in [0.717, 1.165) is 16.2 Å². The SMILES string of the molecule is COc1ccccc1CN1CC(c2nc(-c3cccs3)no2)CC1=O. The summed E-state index contributed by atoms with van der Waals surface area (Å²) in [6.45, 7) is 1.09. The molecule has 1 aromatic carbocycles. The summed E-state index contributed by atoms with van der Waals surface area (Å²) in [5.41, 5.74) is 0.990. The average Bonchev–Trinajstić information content (AvgIpc) is 3.36. The number of nitrogens with zero attached hydrogens (tertiary/aromatic N) is 3. The molecule has 1 fully saturated rings. The van der Waals surface area contributed by atoms with E-state index < -0.39 is 0 Å². The lowest BCUT2D eigenvalue weighted by Crippen LogP contribution is -2.24. The highest BCUT2D eigenvalue weighted by Gasteiger charge is 2.34. The van der Waals surface area contributed by atoms with Gasteiger partial charge in [-0.1, -0.05) is 29.4 Å². The van der Waals surface area contributed by atoms with E-state index >= 15 is 0 Å². The number of para-hydroxylation sites is 1. The van der Waals surface area contributed by atoms with Gasteiger partial charge in [0.2, 0.25) is 17.6 Å². The maximum absolute atomic E-state index is 12.4. The summed E-state index contributed by atoms with van der Waals surface area (Å²) >= 11 is 1.56. The second kappa shape index (κ2) is 6.68. The van der Waals surface area contributed by atoms with Gasteiger partial charge in [-0.05, 0) is 17.5 Å². The lowest BCUT2D eigenvalue weighted by molar-refractivity contribution is -0.128. The minimum Gasteiger partial charge on any atom is -0.496 e. The topological polar surface area (TPSA) is 68.5 Å². The normalized spacial score (nSPS) is 17.2. The van der Waals surface area contributed by atoms with Crippen molar-refractivity contribution in [3.05, 3.63) is 53.2 Å². The van der Waals surface area contributed by atoms with Gasteiger partial charge in [0.25, 0.3) is 0 Å². The van der Waals surface area contributed by atoms with Crippen LogP contribution in [0.25, 0.3) is 10.7 Å². The Hall–Kier alpha value is -2.67. The van der Waals surface area contributed by atoms with E-state index in [2.05, 4.69) is 10.1 Å². The van der Waals surface area contributed by atoms with Gasteiger partial charge in [0.05, 0.1) is 17.9 Å². The highest BCUT2D eigenvalue weighted by Crippen LogP contribution is 2.31. The molecular weight excluding hydrogens is 338 g/mol. The van der Waals surface area contributed by atoms with E-state index in [1.165, 1.54) is 0 Å². The molecule has 1 unspecified atom stereocenters. The average molecular weight is 355 g/mol. The van der Waals surface area contributed by atoms with Crippen molar-refractivity contribution < 1.29 is 14.1 Å². The van der Waals surface area contributed by atoms with Gasteiger partial charge >= 0.3 is 0 Å². The number of amides is 1. The van der Waals surface area contributed by atoms with Gasteiger partial charge in [-0.3, -0.25) is 4.79 Å². The van der Waals surface area contributed by atoms with Gasteiger partial charge in [0.1, 0.15) is 5.75 Å². The van der Waals surface area contributed by atoms with Gasteiger partial charge in [-0.2, -0.15) is 4.98 Å². The number of likely N-dealkylation sites (tertiary alicyclic amines) is 1. The van der Waals surface area contributed by atoms with Crippen molar-refractivity contribution in [2.75, 3.05) is 13.7 Å². The van der Waals surface area contributed by atoms with E-state index in [0.29, 0.717) is 31.2 Å². The summed E-state index contributed by atoms with van der Waals surface area (Å²) in [5, 5.41) is 6.01. The summed E-state index contributed by atoms with van der Waals surface area (Å²) in [7, 11) is 1.64. The Morgan fingerprint density at radius 2 is 2.20 bits per heavy atom. The van der Waals surface area contributed by atoms with E-state index in [4.69, 9.17) is 9.26 Å². The molecule has 0 spiro atoms. The minimum atomic E-state index is -0.0663. The molecule has 2 aromatic heterocycles. The predicted molar refractivity (Wildman–Crippen MR) is 93.4 cm³/mol. The lowest BCUT2D eigenvalue weighted by atomic mass is 10.1. The number of hydrogen-bond donors (Lipinski definition) is 0. The number of aromatic nitrogens is 2. The van der Waals surface area contributed by atoms with Gasteiger partial charge in [-0.15, -0.1) is 11.3 Å². The second-order valence-electron chi connectivity index (χ2n) is 5.92. The molecule has 1 amide bonds. The van der Waals surface area contributed by atoms with Crippen molar-refractivity contribution in [3.63, 3.8) is 0 Å². The number of ether oxygens (including phenoxy) is 1. The Morgan fingerprint density at radius 1 is 1.32 bits per heavy atom. The fourth-order valence-electron chi connectivity index (χ4n) is 3.04. The number of benzene rings is 1. The predicted octanol–water partition coefficient (Wildman–Crippen LogP) is 3.32. The molecule has 1 aliphatic rings. The van der Waals surface area contributed by atoms with Gasteiger partial charge in [-0.25, -0.2) is 0 Å². The highest BCUT2D eigenvalue weighted by atomic mass is 32.1. The summed E-state index contributed by atoms with van der Waals surface area (Å²) in [6, 6.07) is 11.6. The maximum atomic E-state index is 12.4. The van der Waals surface area contributed by atoms with E-state index in [-0.39, 0.29) is 11.8 Å². The van der Waals surface area contributed by atoms with Crippen LogP contribution in [-0.2, 0) is 11.3 Å². The number of carbonyl (C=O) groups is 1. The molecule has 1 saturated heterocycles. The highest BCUT2D eigenvalue weighted by molar-refractivity contribution is 7.13. The summed E-state index contributed by atoms with van der Waals surface area (Å²) < 4.78 is 10.8. The molecule has 3 aromatic rings. The van der Waals surface area contributed by atoms with Crippen molar-refractivity contribution in [2.45, 2.75) is 18.9 Å². The van der Waals surface area contributed by atoms with Crippen LogP contribution in [0, 0.1) is 0 Å². The van der Waals surface area contributed by atoms with Crippen LogP contribution in [-0.4, -0.2) is 34.6 Å². The fourth-order valence-corrected chi connectivity index (χ4v) is 3.69. The number of hydrogen-bond acceptors (Lipinski definition) is 6. The van der Waals surface area contributed by atoms with Crippen molar-refractivity contribution in [1.29, 1.82) is 0 Å². The van der Waals surface area contributed by atoms with Crippen LogP contribution in [0.2, 0.25) is 0 Å². The maximum Gasteiger partial charge on any atom is 0.232 e. The van der Waals surface area contributed by atoms with Crippen LogP contribution in [0.15, 0.2) is 46.3 Å². The Morgan fingerprint density at radius 3 is 3.00 bits per heavy atom. The first-order chi connectivity index (χ1) is 12.2. The zero-order chi connectivity index (χ0) is 17.2. The molecule has 128 valence electrons. The first-order valence-electron chi connectivity index (χ1n) is 8.01. The Balaban J connectivity index is 1.49. The van der Waals surface area contributed by atoms with Crippen LogP contribution in [0.4, 0.5) is 0 Å². The van der Waals surface area contributed by atoms with Crippen LogP contribution >= 0.6 is 11.3 Å². The number of thiophene rings is 1. The first kappa shape index (κ1) is 15.8. The van der Waals surface area contributed by atoms with Crippen molar-refractivity contribution in [3.8, 4) is 16.5 Å². The summed E-state index contributed by atoms with van der Waals surface area (Å²) in [6.07, 6.45) is 0.390. The third kappa shape index (κ3) is 3.15. The summed E-state index contributed by atoms with van der Waals surface area (Å²) in [5.74, 6) is 1.92. The van der Waals surface area contributed by atoms with Crippen LogP contribution in [0.5, 0.6) is 5.75 Å². The van der Waals surface area contributed by atoms with E-state index in [1.54, 1.807) is 18.4 Å². The minimum absolute atomic E-state index is 0.0663. The second-order valence-corrected chi connectivity index (χ2v) is 6.87. The van der Waals surface area contributed by atoms with Gasteiger partial charge in [0.15, 0.2) is 0 Å². The molecule has 0 radical (unpaired) electrons. The zero-order valence-electron chi connectivity index (χ0n) is 13.7. The number of methoxy groups -OCH3 is 1. The molecule has 3 heterocycles. The standard InChI is InChI=1S/C18H17N3O3S/c1-23-14-6-3-2-5-12(14)10-21-11-13(9-16(21)22)18-19-17(20-24-18)15-7-4-8-25-15/h2-8,13H,9-11H2,1H3. The molecule has 0 saturated carbocycles. The van der Waals surface area contributed by atoms with Crippen molar-refractivity contribution >= 4 is 17.2 Å². The van der Waals surface area contributed by atoms with Crippen LogP contribution in [0.1, 0.15) is 23.8 Å². The zero-order valence-corrected chi connectivity index (χ0v) is 14.5. The van der Waals surface area contributed by atoms with E-state index in [9.17, 15) is 4.79 Å². The summed E-state index contributed by atoms with van der Waals surface area (Å²) in [4.78, 5) is 19.6. The number of carbonyl (C=O) groups excluding carboxylic acids is 1. The quantitative estimate of drug-likeness (QED) is 0.702. The van der Waals surface area contributed by atoms with Crippen LogP contribution < -0.4 is 4.74 Å². The molecule has 4 rings (SSSR count). The molecule has 0 aliphatic carbocycles. The first-order valence-corrected chi connectivity index (χ1v) is 8.89. The molecule has 0 N–H and O–H groups in total. The van der Waals surface area contributed by atoms with Gasteiger partial charge in [0, 0.05) is 25.1 Å². The molecule has 0 bridgehead atoms. The Bertz CT molecular complexity index is 875. The molecular formula is C18H17N3O3S. The van der Waals surface area contributed by atoms with Crippen molar-refractivity contribution in [2.24, 2.45) is 0 Å². The third-order valence-corrected chi connectivity index (χ3v) is 5.17. The third-order valence-electron chi connectivity index (χ3n) is 4.30. The molecule has 1 atom stereocenters. The smallest absolute Gasteiger partial charge is 0.232 e. The largest absolute Gasteiger partial charge is 0.496 e. The fraction of sp³-hybridized carbons (Fsp3) is 0.278. The lowest BCUT2D eigenvalue weighted by Gasteiger charge is -2.17. The van der Waals surface area contributed by atoms with Crippen molar-refractivity contribution in [1.82, 2.24) is 15.0 Å². The Labute approximate surface area is 149 Å². The van der Waals surface area contributed by atoms with Crippen LogP contribution in [0.3, 0.4) is 0 Å². The van der Waals surface area contributed by atoms with Gasteiger partial charge < -0.3 is 14.2 Å². The number of rotatable bonds is 5. The van der Waals surface area contributed by atoms with E-state index in [1.807, 2.05) is 46.7 Å².